The number of fused-ring (bicyclic) bond motifs is 3. The molecule has 102 valence electrons. The molecule has 0 atom stereocenters. The maximum absolute atomic E-state index is 11.9. The van der Waals surface area contributed by atoms with Crippen molar-refractivity contribution in [1.29, 1.82) is 0 Å². The van der Waals surface area contributed by atoms with Crippen LogP contribution in [0.1, 0.15) is 31.4 Å². The molecule has 1 N–H and O–H groups in total. The van der Waals surface area contributed by atoms with Gasteiger partial charge in [-0.2, -0.15) is 0 Å². The van der Waals surface area contributed by atoms with Gasteiger partial charge in [-0.15, -0.1) is 0 Å². The van der Waals surface area contributed by atoms with Crippen LogP contribution in [0.4, 0.5) is 5.69 Å². The number of hydrogen-bond acceptors (Lipinski definition) is 1. The van der Waals surface area contributed by atoms with Crippen molar-refractivity contribution in [3.8, 4) is 11.1 Å². The van der Waals surface area contributed by atoms with Crippen LogP contribution in [0.3, 0.4) is 0 Å². The number of hydrogen-bond donors (Lipinski definition) is 1. The van der Waals surface area contributed by atoms with Crippen LogP contribution in [-0.4, -0.2) is 5.91 Å². The van der Waals surface area contributed by atoms with Crippen LogP contribution in [-0.2, 0) is 11.2 Å². The third-order valence-corrected chi connectivity index (χ3v) is 3.68. The number of nitrogens with one attached hydrogen (secondary N) is 1. The fourth-order valence-electron chi connectivity index (χ4n) is 2.78. The van der Waals surface area contributed by atoms with Crippen LogP contribution in [0.5, 0.6) is 0 Å². The molecule has 0 saturated heterocycles. The first kappa shape index (κ1) is 12.9. The van der Waals surface area contributed by atoms with Gasteiger partial charge in [0.2, 0.25) is 5.91 Å². The molecule has 3 rings (SSSR count). The molecule has 1 amide bonds. The molecular weight excluding hydrogens is 246 g/mol. The van der Waals surface area contributed by atoms with Gasteiger partial charge in [-0.1, -0.05) is 44.2 Å². The topological polar surface area (TPSA) is 29.1 Å². The van der Waals surface area contributed by atoms with Crippen molar-refractivity contribution in [2.45, 2.75) is 26.7 Å². The van der Waals surface area contributed by atoms with Gasteiger partial charge in [0.05, 0.1) is 0 Å². The normalized spacial score (nSPS) is 12.2. The maximum Gasteiger partial charge on any atom is 0.224 e. The summed E-state index contributed by atoms with van der Waals surface area (Å²) in [6.45, 7) is 4.11. The number of carbonyl (C=O) groups is 1. The summed E-state index contributed by atoms with van der Waals surface area (Å²) >= 11 is 0. The quantitative estimate of drug-likeness (QED) is 0.754. The van der Waals surface area contributed by atoms with E-state index in [9.17, 15) is 4.79 Å². The Kier molecular flexibility index (Phi) is 3.31. The van der Waals surface area contributed by atoms with Gasteiger partial charge in [0.1, 0.15) is 0 Å². The van der Waals surface area contributed by atoms with E-state index in [1.165, 1.54) is 22.3 Å². The van der Waals surface area contributed by atoms with Gasteiger partial charge >= 0.3 is 0 Å². The Hall–Kier alpha value is -2.09. The molecule has 0 saturated carbocycles. The van der Waals surface area contributed by atoms with Crippen molar-refractivity contribution in [3.05, 3.63) is 53.6 Å². The molecule has 1 aliphatic rings. The molecule has 2 aromatic rings. The zero-order valence-corrected chi connectivity index (χ0v) is 11.9. The number of benzene rings is 2. The lowest BCUT2D eigenvalue weighted by Gasteiger charge is -2.09. The summed E-state index contributed by atoms with van der Waals surface area (Å²) in [5.41, 5.74) is 6.15. The fraction of sp³-hybridized carbons (Fsp3) is 0.278. The van der Waals surface area contributed by atoms with E-state index < -0.39 is 0 Å². The van der Waals surface area contributed by atoms with Crippen LogP contribution < -0.4 is 5.32 Å². The Morgan fingerprint density at radius 2 is 1.85 bits per heavy atom. The van der Waals surface area contributed by atoms with Crippen molar-refractivity contribution < 1.29 is 4.79 Å². The van der Waals surface area contributed by atoms with E-state index in [-0.39, 0.29) is 5.91 Å². The predicted octanol–water partition coefficient (Wildman–Crippen LogP) is 4.24. The predicted molar refractivity (Wildman–Crippen MR) is 82.8 cm³/mol. The zero-order chi connectivity index (χ0) is 14.1. The van der Waals surface area contributed by atoms with Crippen LogP contribution in [0.25, 0.3) is 11.1 Å². The van der Waals surface area contributed by atoms with Crippen molar-refractivity contribution in [2.24, 2.45) is 5.92 Å². The zero-order valence-electron chi connectivity index (χ0n) is 11.9. The largest absolute Gasteiger partial charge is 0.326 e. The molecule has 0 unspecified atom stereocenters. The van der Waals surface area contributed by atoms with E-state index >= 15 is 0 Å². The second kappa shape index (κ2) is 5.12. The van der Waals surface area contributed by atoms with Gasteiger partial charge in [0.25, 0.3) is 0 Å². The molecular formula is C18H19NO. The van der Waals surface area contributed by atoms with E-state index in [2.05, 4.69) is 55.6 Å². The summed E-state index contributed by atoms with van der Waals surface area (Å²) in [6.07, 6.45) is 1.55. The SMILES string of the molecule is CC(C)CC(=O)Nc1ccc2c(c1)-c1ccccc1C2. The van der Waals surface area contributed by atoms with Gasteiger partial charge in [-0.3, -0.25) is 4.79 Å². The number of amides is 1. The molecule has 20 heavy (non-hydrogen) atoms. The molecule has 0 aliphatic heterocycles. The molecule has 0 radical (unpaired) electrons. The van der Waals surface area contributed by atoms with Crippen LogP contribution in [0, 0.1) is 5.92 Å². The Morgan fingerprint density at radius 1 is 1.10 bits per heavy atom. The van der Waals surface area contributed by atoms with Crippen molar-refractivity contribution in [1.82, 2.24) is 0 Å². The first-order valence-corrected chi connectivity index (χ1v) is 7.14. The highest BCUT2D eigenvalue weighted by atomic mass is 16.1. The Morgan fingerprint density at radius 3 is 2.65 bits per heavy atom. The third-order valence-electron chi connectivity index (χ3n) is 3.68. The highest BCUT2D eigenvalue weighted by molar-refractivity contribution is 5.92. The van der Waals surface area contributed by atoms with Crippen LogP contribution in [0.2, 0.25) is 0 Å². The second-order valence-corrected chi connectivity index (χ2v) is 5.85. The molecule has 1 aliphatic carbocycles. The summed E-state index contributed by atoms with van der Waals surface area (Å²) in [5, 5.41) is 2.99. The Balaban J connectivity index is 1.86. The molecule has 2 heteroatoms. The van der Waals surface area contributed by atoms with Crippen molar-refractivity contribution >= 4 is 11.6 Å². The molecule has 0 heterocycles. The van der Waals surface area contributed by atoms with E-state index in [0.29, 0.717) is 12.3 Å². The van der Waals surface area contributed by atoms with Crippen LogP contribution in [0.15, 0.2) is 42.5 Å². The number of rotatable bonds is 3. The van der Waals surface area contributed by atoms with Gasteiger partial charge in [0, 0.05) is 12.1 Å². The average Bonchev–Trinajstić information content (AvgIpc) is 2.76. The van der Waals surface area contributed by atoms with E-state index in [1.54, 1.807) is 0 Å². The highest BCUT2D eigenvalue weighted by Gasteiger charge is 2.18. The lowest BCUT2D eigenvalue weighted by Crippen LogP contribution is -2.13. The van der Waals surface area contributed by atoms with Gasteiger partial charge < -0.3 is 5.32 Å². The molecule has 0 spiro atoms. The lowest BCUT2D eigenvalue weighted by molar-refractivity contribution is -0.116. The van der Waals surface area contributed by atoms with E-state index in [0.717, 1.165) is 12.1 Å². The van der Waals surface area contributed by atoms with Gasteiger partial charge in [0.15, 0.2) is 0 Å². The van der Waals surface area contributed by atoms with Crippen LogP contribution >= 0.6 is 0 Å². The monoisotopic (exact) mass is 265 g/mol. The summed E-state index contributed by atoms with van der Waals surface area (Å²) in [4.78, 5) is 11.9. The molecule has 0 bridgehead atoms. The molecule has 0 aromatic heterocycles. The minimum atomic E-state index is 0.0891. The third kappa shape index (κ3) is 2.46. The number of carbonyl (C=O) groups excluding carboxylic acids is 1. The molecule has 2 aromatic carbocycles. The Labute approximate surface area is 119 Å². The lowest BCUT2D eigenvalue weighted by atomic mass is 10.0. The molecule has 0 fully saturated rings. The number of anilines is 1. The molecule has 2 nitrogen and oxygen atoms in total. The first-order valence-electron chi connectivity index (χ1n) is 7.14. The minimum Gasteiger partial charge on any atom is -0.326 e. The standard InChI is InChI=1S/C18H19NO/c1-12(2)9-18(20)19-15-8-7-14-10-13-5-3-4-6-16(13)17(14)11-15/h3-8,11-12H,9-10H2,1-2H3,(H,19,20). The van der Waals surface area contributed by atoms with Crippen molar-refractivity contribution in [3.63, 3.8) is 0 Å². The minimum absolute atomic E-state index is 0.0891. The van der Waals surface area contributed by atoms with Crippen molar-refractivity contribution in [2.75, 3.05) is 5.32 Å². The van der Waals surface area contributed by atoms with E-state index in [4.69, 9.17) is 0 Å². The highest BCUT2D eigenvalue weighted by Crippen LogP contribution is 2.37. The Bertz CT molecular complexity index is 658. The smallest absolute Gasteiger partial charge is 0.224 e. The fourth-order valence-corrected chi connectivity index (χ4v) is 2.78. The average molecular weight is 265 g/mol. The summed E-state index contributed by atoms with van der Waals surface area (Å²) in [6, 6.07) is 14.7. The maximum atomic E-state index is 11.9. The second-order valence-electron chi connectivity index (χ2n) is 5.85. The van der Waals surface area contributed by atoms with Gasteiger partial charge in [-0.25, -0.2) is 0 Å². The van der Waals surface area contributed by atoms with Gasteiger partial charge in [-0.05, 0) is 46.7 Å². The summed E-state index contributed by atoms with van der Waals surface area (Å²) in [5.74, 6) is 0.469. The summed E-state index contributed by atoms with van der Waals surface area (Å²) < 4.78 is 0. The van der Waals surface area contributed by atoms with E-state index in [1.807, 2.05) is 6.07 Å². The first-order chi connectivity index (χ1) is 9.63. The summed E-state index contributed by atoms with van der Waals surface area (Å²) in [7, 11) is 0.